The van der Waals surface area contributed by atoms with E-state index in [2.05, 4.69) is 4.98 Å². The molecule has 3 rings (SSSR count). The Morgan fingerprint density at radius 3 is 2.59 bits per heavy atom. The monoisotopic (exact) mass is 573 g/mol. The van der Waals surface area contributed by atoms with Gasteiger partial charge in [0.2, 0.25) is 6.79 Å². The van der Waals surface area contributed by atoms with Crippen LogP contribution in [0.2, 0.25) is 0 Å². The molecule has 0 N–H and O–H groups in total. The van der Waals surface area contributed by atoms with E-state index in [1.807, 2.05) is 44.2 Å². The molecule has 0 saturated carbocycles. The van der Waals surface area contributed by atoms with Gasteiger partial charge in [-0.15, -0.1) is 0 Å². The van der Waals surface area contributed by atoms with Crippen LogP contribution < -0.4 is 14.2 Å². The Bertz CT molecular complexity index is 1140. The summed E-state index contributed by atoms with van der Waals surface area (Å²) in [6.07, 6.45) is -0.411. The number of hydrogen-bond donors (Lipinski definition) is 0. The predicted molar refractivity (Wildman–Crippen MR) is 147 cm³/mol. The number of aromatic nitrogens is 1. The average molecular weight is 574 g/mol. The third-order valence-electron chi connectivity index (χ3n) is 6.26. The van der Waals surface area contributed by atoms with Gasteiger partial charge in [-0.2, -0.15) is 0 Å². The first-order chi connectivity index (χ1) is 19.7. The van der Waals surface area contributed by atoms with Gasteiger partial charge in [0.15, 0.2) is 29.1 Å². The van der Waals surface area contributed by atoms with E-state index < -0.39 is 48.7 Å². The smallest absolute Gasteiger partial charge is 0.309 e. The molecule has 0 unspecified atom stereocenters. The van der Waals surface area contributed by atoms with Crippen molar-refractivity contribution in [2.75, 3.05) is 33.7 Å². The minimum Gasteiger partial charge on any atom is -0.493 e. The zero-order chi connectivity index (χ0) is 29.8. The fourth-order valence-corrected chi connectivity index (χ4v) is 4.21. The number of ether oxygens (including phenoxy) is 7. The van der Waals surface area contributed by atoms with Gasteiger partial charge in [0.05, 0.1) is 19.6 Å². The Kier molecular flexibility index (Phi) is 12.4. The van der Waals surface area contributed by atoms with Crippen LogP contribution in [0, 0.1) is 11.8 Å². The zero-order valence-electron chi connectivity index (χ0n) is 24.2. The van der Waals surface area contributed by atoms with Gasteiger partial charge in [-0.1, -0.05) is 32.0 Å². The van der Waals surface area contributed by atoms with E-state index in [0.29, 0.717) is 12.4 Å². The standard InChI is InChI=1S/C30H39NO10/c1-19(2)16-37-28-20(3)40-30(34)22(12-14-36-17-26(28)41-23-9-7-6-8-10-23)15-24(33)27-29(39-18-38-21(4)32)25(35-5)11-13-31-27/h6-11,13,19-20,22,26,28H,12,14-18H2,1-5H3/t20-,22+,26-,28-/m0/s1. The lowest BCUT2D eigenvalue weighted by molar-refractivity contribution is -0.173. The second-order valence-corrected chi connectivity index (χ2v) is 10.1. The van der Waals surface area contributed by atoms with Crippen LogP contribution in [0.1, 0.15) is 51.0 Å². The van der Waals surface area contributed by atoms with Gasteiger partial charge in [0.1, 0.15) is 18.0 Å². The van der Waals surface area contributed by atoms with Gasteiger partial charge in [0, 0.05) is 38.8 Å². The number of Topliss-reactive ketones (excluding diaryl/α,β-unsaturated/α-hetero) is 1. The van der Waals surface area contributed by atoms with Crippen molar-refractivity contribution in [1.82, 2.24) is 4.98 Å². The Balaban J connectivity index is 1.77. The molecule has 1 aromatic carbocycles. The number of benzene rings is 1. The van der Waals surface area contributed by atoms with Gasteiger partial charge >= 0.3 is 11.9 Å². The number of esters is 2. The van der Waals surface area contributed by atoms with Gasteiger partial charge in [0.25, 0.3) is 0 Å². The van der Waals surface area contributed by atoms with Crippen LogP contribution in [-0.2, 0) is 28.5 Å². The summed E-state index contributed by atoms with van der Waals surface area (Å²) in [5, 5.41) is 0. The number of pyridine rings is 1. The second-order valence-electron chi connectivity index (χ2n) is 10.1. The molecule has 0 bridgehead atoms. The van der Waals surface area contributed by atoms with Crippen molar-refractivity contribution in [2.45, 2.75) is 58.8 Å². The van der Waals surface area contributed by atoms with Crippen molar-refractivity contribution in [1.29, 1.82) is 0 Å². The van der Waals surface area contributed by atoms with Gasteiger partial charge < -0.3 is 33.2 Å². The number of para-hydroxylation sites is 1. The average Bonchev–Trinajstić information content (AvgIpc) is 2.94. The quantitative estimate of drug-likeness (QED) is 0.207. The lowest BCUT2D eigenvalue weighted by Crippen LogP contribution is -2.48. The Labute approximate surface area is 240 Å². The molecule has 0 aliphatic carbocycles. The molecule has 2 heterocycles. The van der Waals surface area contributed by atoms with Crippen molar-refractivity contribution < 1.29 is 47.5 Å². The lowest BCUT2D eigenvalue weighted by Gasteiger charge is -2.34. The molecule has 4 atom stereocenters. The van der Waals surface area contributed by atoms with E-state index in [-0.39, 0.29) is 49.2 Å². The highest BCUT2D eigenvalue weighted by Gasteiger charge is 2.36. The molecule has 0 amide bonds. The van der Waals surface area contributed by atoms with Crippen LogP contribution >= 0.6 is 0 Å². The molecule has 224 valence electrons. The van der Waals surface area contributed by atoms with E-state index in [0.717, 1.165) is 0 Å². The first-order valence-electron chi connectivity index (χ1n) is 13.6. The van der Waals surface area contributed by atoms with Gasteiger partial charge in [-0.25, -0.2) is 4.98 Å². The van der Waals surface area contributed by atoms with Crippen molar-refractivity contribution in [3.8, 4) is 17.2 Å². The summed E-state index contributed by atoms with van der Waals surface area (Å²) in [4.78, 5) is 42.0. The van der Waals surface area contributed by atoms with E-state index in [1.54, 1.807) is 6.92 Å². The second kappa shape index (κ2) is 15.9. The summed E-state index contributed by atoms with van der Waals surface area (Å²) in [6, 6.07) is 10.8. The van der Waals surface area contributed by atoms with Crippen LogP contribution in [0.4, 0.5) is 0 Å². The normalized spacial score (nSPS) is 21.5. The number of nitrogens with zero attached hydrogens (tertiary/aromatic N) is 1. The summed E-state index contributed by atoms with van der Waals surface area (Å²) in [7, 11) is 1.41. The molecular weight excluding hydrogens is 534 g/mol. The first kappa shape index (κ1) is 31.8. The number of hydrogen-bond acceptors (Lipinski definition) is 11. The predicted octanol–water partition coefficient (Wildman–Crippen LogP) is 4.02. The first-order valence-corrected chi connectivity index (χ1v) is 13.6. The third-order valence-corrected chi connectivity index (χ3v) is 6.26. The molecule has 11 heteroatoms. The Morgan fingerprint density at radius 2 is 1.90 bits per heavy atom. The number of carbonyl (C=O) groups excluding carboxylic acids is 3. The molecule has 0 radical (unpaired) electrons. The minimum absolute atomic E-state index is 0.0159. The summed E-state index contributed by atoms with van der Waals surface area (Å²) in [5.41, 5.74) is -0.0511. The molecular formula is C30H39NO10. The Hall–Kier alpha value is -3.70. The maximum atomic E-state index is 13.4. The number of cyclic esters (lactones) is 1. The van der Waals surface area contributed by atoms with E-state index in [9.17, 15) is 14.4 Å². The summed E-state index contributed by atoms with van der Waals surface area (Å²) in [6.45, 7) is 7.42. The molecule has 2 aromatic rings. The number of ketones is 1. The van der Waals surface area contributed by atoms with E-state index in [4.69, 9.17) is 33.2 Å². The molecule has 41 heavy (non-hydrogen) atoms. The fourth-order valence-electron chi connectivity index (χ4n) is 4.21. The maximum Gasteiger partial charge on any atom is 0.309 e. The summed E-state index contributed by atoms with van der Waals surface area (Å²) in [5.74, 6) is -1.24. The van der Waals surface area contributed by atoms with E-state index in [1.165, 1.54) is 26.3 Å². The molecule has 1 aliphatic rings. The summed E-state index contributed by atoms with van der Waals surface area (Å²) < 4.78 is 39.8. The van der Waals surface area contributed by atoms with Crippen molar-refractivity contribution in [3.63, 3.8) is 0 Å². The SMILES string of the molecule is COc1ccnc(C(=O)C[C@H]2CCOC[C@H](Oc3ccccc3)[C@@H](OCC(C)C)[C@H](C)OC2=O)c1OCOC(C)=O. The third kappa shape index (κ3) is 9.72. The molecule has 1 saturated heterocycles. The van der Waals surface area contributed by atoms with Gasteiger partial charge in [-0.3, -0.25) is 14.4 Å². The number of rotatable bonds is 12. The highest BCUT2D eigenvalue weighted by Crippen LogP contribution is 2.32. The van der Waals surface area contributed by atoms with Gasteiger partial charge in [-0.05, 0) is 31.4 Å². The maximum absolute atomic E-state index is 13.4. The van der Waals surface area contributed by atoms with Crippen LogP contribution in [0.15, 0.2) is 42.6 Å². The molecule has 1 aliphatic heterocycles. The molecule has 1 fully saturated rings. The van der Waals surface area contributed by atoms with Crippen molar-refractivity contribution in [3.05, 3.63) is 48.3 Å². The van der Waals surface area contributed by atoms with Crippen molar-refractivity contribution >= 4 is 17.7 Å². The Morgan fingerprint density at radius 1 is 1.15 bits per heavy atom. The minimum atomic E-state index is -0.809. The number of methoxy groups -OCH3 is 1. The van der Waals surface area contributed by atoms with Crippen LogP contribution in [-0.4, -0.2) is 74.7 Å². The molecule has 1 aromatic heterocycles. The van der Waals surface area contributed by atoms with Crippen LogP contribution in [0.25, 0.3) is 0 Å². The zero-order valence-corrected chi connectivity index (χ0v) is 24.2. The van der Waals surface area contributed by atoms with Crippen LogP contribution in [0.5, 0.6) is 17.2 Å². The molecule has 0 spiro atoms. The largest absolute Gasteiger partial charge is 0.493 e. The van der Waals surface area contributed by atoms with E-state index >= 15 is 0 Å². The topological polar surface area (TPSA) is 129 Å². The van der Waals surface area contributed by atoms with Crippen LogP contribution in [0.3, 0.4) is 0 Å². The highest BCUT2D eigenvalue weighted by atomic mass is 16.7. The fraction of sp³-hybridized carbons (Fsp3) is 0.533. The number of carbonyl (C=O) groups is 3. The lowest BCUT2D eigenvalue weighted by atomic mass is 9.96. The molecule has 11 nitrogen and oxygen atoms in total. The van der Waals surface area contributed by atoms with Crippen molar-refractivity contribution in [2.24, 2.45) is 11.8 Å². The summed E-state index contributed by atoms with van der Waals surface area (Å²) >= 11 is 0. The highest BCUT2D eigenvalue weighted by molar-refractivity contribution is 5.99.